The van der Waals surface area contributed by atoms with Gasteiger partial charge in [0.25, 0.3) is 5.91 Å². The van der Waals surface area contributed by atoms with E-state index in [1.54, 1.807) is 0 Å². The maximum Gasteiger partial charge on any atom is 0.402 e. The highest BCUT2D eigenvalue weighted by Gasteiger charge is 2.25. The Hall–Kier alpha value is -1.96. The minimum Gasteiger partial charge on any atom is -0.396 e. The predicted molar refractivity (Wildman–Crippen MR) is 58.6 cm³/mol. The number of aliphatic hydroxyl groups excluding tert-OH is 1. The fraction of sp³-hybridized carbons (Fsp3) is 0.556. The summed E-state index contributed by atoms with van der Waals surface area (Å²) in [6.07, 6.45) is 2.57. The number of unbranched alkanes of at least 4 members (excludes halogenated alkanes) is 1. The maximum absolute atomic E-state index is 11.4. The molecule has 0 atom stereocenters. The predicted octanol–water partition coefficient (Wildman–Crippen LogP) is -0.0766. The molecule has 1 amide bonds. The van der Waals surface area contributed by atoms with E-state index in [4.69, 9.17) is 5.11 Å². The SMILES string of the molecule is CNC(=O)c1cn(CCCCO)nc1[N+](=O)[O-]. The number of hydrogen-bond donors (Lipinski definition) is 2. The zero-order valence-electron chi connectivity index (χ0n) is 9.42. The van der Waals surface area contributed by atoms with Gasteiger partial charge < -0.3 is 20.5 Å². The van der Waals surface area contributed by atoms with Gasteiger partial charge in [0.1, 0.15) is 0 Å². The lowest BCUT2D eigenvalue weighted by Crippen LogP contribution is -2.18. The summed E-state index contributed by atoms with van der Waals surface area (Å²) in [6.45, 7) is 0.490. The molecule has 0 aliphatic carbocycles. The molecule has 8 heteroatoms. The van der Waals surface area contributed by atoms with Crippen molar-refractivity contribution < 1.29 is 14.8 Å². The second kappa shape index (κ2) is 5.94. The average Bonchev–Trinajstić information content (AvgIpc) is 2.73. The quantitative estimate of drug-likeness (QED) is 0.412. The summed E-state index contributed by atoms with van der Waals surface area (Å²) in [5.74, 6) is -0.988. The van der Waals surface area contributed by atoms with E-state index >= 15 is 0 Å². The van der Waals surface area contributed by atoms with Crippen LogP contribution >= 0.6 is 0 Å². The van der Waals surface area contributed by atoms with E-state index in [1.807, 2.05) is 0 Å². The van der Waals surface area contributed by atoms with E-state index in [9.17, 15) is 14.9 Å². The largest absolute Gasteiger partial charge is 0.402 e. The summed E-state index contributed by atoms with van der Waals surface area (Å²) in [6, 6.07) is 0. The number of carbonyl (C=O) groups is 1. The number of nitrogens with one attached hydrogen (secondary N) is 1. The number of nitrogens with zero attached hydrogens (tertiary/aromatic N) is 3. The number of aliphatic hydroxyl groups is 1. The zero-order chi connectivity index (χ0) is 12.8. The van der Waals surface area contributed by atoms with Crippen molar-refractivity contribution in [2.45, 2.75) is 19.4 Å². The van der Waals surface area contributed by atoms with E-state index in [1.165, 1.54) is 17.9 Å². The number of hydrogen-bond acceptors (Lipinski definition) is 5. The third-order valence-corrected chi connectivity index (χ3v) is 2.18. The van der Waals surface area contributed by atoms with Gasteiger partial charge in [0.15, 0.2) is 5.56 Å². The van der Waals surface area contributed by atoms with Gasteiger partial charge in [-0.2, -0.15) is 4.68 Å². The maximum atomic E-state index is 11.4. The molecule has 0 bridgehead atoms. The Morgan fingerprint density at radius 3 is 2.88 bits per heavy atom. The highest BCUT2D eigenvalue weighted by Crippen LogP contribution is 2.15. The molecule has 1 heterocycles. The Labute approximate surface area is 97.4 Å². The molecule has 0 spiro atoms. The Morgan fingerprint density at radius 1 is 1.65 bits per heavy atom. The Balaban J connectivity index is 2.88. The van der Waals surface area contributed by atoms with Gasteiger partial charge in [0, 0.05) is 13.7 Å². The molecule has 1 aromatic rings. The van der Waals surface area contributed by atoms with E-state index in [2.05, 4.69) is 10.4 Å². The number of aromatic nitrogens is 2. The first-order chi connectivity index (χ1) is 8.10. The van der Waals surface area contributed by atoms with Gasteiger partial charge in [-0.05, 0) is 17.8 Å². The van der Waals surface area contributed by atoms with Crippen molar-refractivity contribution in [2.75, 3.05) is 13.7 Å². The van der Waals surface area contributed by atoms with Crippen LogP contribution in [0.2, 0.25) is 0 Å². The number of aryl methyl sites for hydroxylation is 1. The van der Waals surface area contributed by atoms with Crippen LogP contribution in [0, 0.1) is 10.1 Å². The fourth-order valence-electron chi connectivity index (χ4n) is 1.34. The molecule has 0 aliphatic rings. The molecule has 0 saturated carbocycles. The summed E-state index contributed by atoms with van der Waals surface area (Å²) in [7, 11) is 1.40. The monoisotopic (exact) mass is 242 g/mol. The van der Waals surface area contributed by atoms with Crippen LogP contribution in [0.1, 0.15) is 23.2 Å². The molecular formula is C9H14N4O4. The third-order valence-electron chi connectivity index (χ3n) is 2.18. The van der Waals surface area contributed by atoms with E-state index in [-0.39, 0.29) is 12.2 Å². The van der Waals surface area contributed by atoms with Crippen LogP contribution < -0.4 is 5.32 Å². The molecule has 1 aromatic heterocycles. The van der Waals surface area contributed by atoms with Gasteiger partial charge in [-0.15, -0.1) is 0 Å². The Kier molecular flexibility index (Phi) is 4.58. The summed E-state index contributed by atoms with van der Waals surface area (Å²) < 4.78 is 1.35. The first-order valence-electron chi connectivity index (χ1n) is 5.15. The van der Waals surface area contributed by atoms with Crippen LogP contribution in [0.15, 0.2) is 6.20 Å². The minimum atomic E-state index is -0.687. The lowest BCUT2D eigenvalue weighted by molar-refractivity contribution is -0.390. The molecule has 8 nitrogen and oxygen atoms in total. The second-order valence-electron chi connectivity index (χ2n) is 3.40. The molecular weight excluding hydrogens is 228 g/mol. The van der Waals surface area contributed by atoms with Gasteiger partial charge in [0.2, 0.25) is 0 Å². The molecule has 0 aliphatic heterocycles. The van der Waals surface area contributed by atoms with Gasteiger partial charge in [-0.25, -0.2) is 0 Å². The van der Waals surface area contributed by atoms with Crippen molar-refractivity contribution >= 4 is 11.7 Å². The van der Waals surface area contributed by atoms with Gasteiger partial charge in [0.05, 0.1) is 17.8 Å². The van der Waals surface area contributed by atoms with Crippen LogP contribution in [0.25, 0.3) is 0 Å². The standard InChI is InChI=1S/C9H14N4O4/c1-10-9(15)7-6-12(4-2-3-5-14)11-8(7)13(16)17/h6,14H,2-5H2,1H3,(H,10,15). The minimum absolute atomic E-state index is 0.0542. The summed E-state index contributed by atoms with van der Waals surface area (Å²) >= 11 is 0. The normalized spacial score (nSPS) is 10.2. The lowest BCUT2D eigenvalue weighted by atomic mass is 10.3. The van der Waals surface area contributed by atoms with Crippen molar-refractivity contribution in [3.05, 3.63) is 21.9 Å². The van der Waals surface area contributed by atoms with Crippen molar-refractivity contribution in [3.8, 4) is 0 Å². The zero-order valence-corrected chi connectivity index (χ0v) is 9.42. The fourth-order valence-corrected chi connectivity index (χ4v) is 1.34. The summed E-state index contributed by atoms with van der Waals surface area (Å²) in [5.41, 5.74) is -0.0542. The van der Waals surface area contributed by atoms with Crippen LogP contribution in [-0.4, -0.2) is 39.4 Å². The van der Waals surface area contributed by atoms with Crippen LogP contribution in [-0.2, 0) is 6.54 Å². The van der Waals surface area contributed by atoms with Crippen molar-refractivity contribution in [1.29, 1.82) is 0 Å². The number of rotatable bonds is 6. The Morgan fingerprint density at radius 2 is 2.35 bits per heavy atom. The molecule has 17 heavy (non-hydrogen) atoms. The van der Waals surface area contributed by atoms with E-state index in [0.29, 0.717) is 19.4 Å². The molecule has 0 unspecified atom stereocenters. The first kappa shape index (κ1) is 13.1. The van der Waals surface area contributed by atoms with Crippen LogP contribution in [0.4, 0.5) is 5.82 Å². The highest BCUT2D eigenvalue weighted by atomic mass is 16.6. The topological polar surface area (TPSA) is 110 Å². The molecule has 2 N–H and O–H groups in total. The Bertz CT molecular complexity index is 415. The van der Waals surface area contributed by atoms with Gasteiger partial charge in [-0.1, -0.05) is 0 Å². The number of nitro groups is 1. The van der Waals surface area contributed by atoms with E-state index in [0.717, 1.165) is 0 Å². The molecule has 94 valence electrons. The van der Waals surface area contributed by atoms with Crippen LogP contribution in [0.3, 0.4) is 0 Å². The molecule has 0 fully saturated rings. The molecule has 0 aromatic carbocycles. The van der Waals surface area contributed by atoms with Gasteiger partial charge >= 0.3 is 5.82 Å². The van der Waals surface area contributed by atoms with Gasteiger partial charge in [-0.3, -0.25) is 4.79 Å². The molecule has 1 rings (SSSR count). The number of carbonyl (C=O) groups excluding carboxylic acids is 1. The lowest BCUT2D eigenvalue weighted by Gasteiger charge is -1.94. The van der Waals surface area contributed by atoms with Crippen molar-refractivity contribution in [3.63, 3.8) is 0 Å². The smallest absolute Gasteiger partial charge is 0.396 e. The van der Waals surface area contributed by atoms with Crippen LogP contribution in [0.5, 0.6) is 0 Å². The average molecular weight is 242 g/mol. The summed E-state index contributed by atoms with van der Waals surface area (Å²) in [4.78, 5) is 21.4. The number of amides is 1. The highest BCUT2D eigenvalue weighted by molar-refractivity contribution is 5.97. The van der Waals surface area contributed by atoms with Crippen molar-refractivity contribution in [2.24, 2.45) is 0 Å². The molecule has 0 radical (unpaired) electrons. The second-order valence-corrected chi connectivity index (χ2v) is 3.40. The van der Waals surface area contributed by atoms with E-state index < -0.39 is 16.6 Å². The van der Waals surface area contributed by atoms with Crippen molar-refractivity contribution in [1.82, 2.24) is 15.1 Å². The summed E-state index contributed by atoms with van der Waals surface area (Å²) in [5, 5.41) is 25.4. The molecule has 0 saturated heterocycles. The first-order valence-corrected chi connectivity index (χ1v) is 5.15. The third kappa shape index (κ3) is 3.25.